The Kier molecular flexibility index (Phi) is 6.32. The van der Waals surface area contributed by atoms with E-state index in [0.29, 0.717) is 24.4 Å². The number of amides is 1. The topological polar surface area (TPSA) is 67.6 Å². The van der Waals surface area contributed by atoms with Gasteiger partial charge in [-0.05, 0) is 31.7 Å². The van der Waals surface area contributed by atoms with Crippen LogP contribution in [0.5, 0.6) is 0 Å². The van der Waals surface area contributed by atoms with Crippen LogP contribution in [-0.2, 0) is 4.74 Å². The minimum Gasteiger partial charge on any atom is -0.398 e. The molecule has 0 bridgehead atoms. The highest BCUT2D eigenvalue weighted by atomic mass is 16.5. The SMILES string of the molecule is COCCN(C)CCNC(=O)c1cccc(N)c1C. The van der Waals surface area contributed by atoms with E-state index in [9.17, 15) is 4.79 Å². The lowest BCUT2D eigenvalue weighted by Gasteiger charge is -2.16. The van der Waals surface area contributed by atoms with Crippen LogP contribution in [0.1, 0.15) is 15.9 Å². The van der Waals surface area contributed by atoms with E-state index in [1.165, 1.54) is 0 Å². The monoisotopic (exact) mass is 265 g/mol. The van der Waals surface area contributed by atoms with Crippen LogP contribution in [0.4, 0.5) is 5.69 Å². The fraction of sp³-hybridized carbons (Fsp3) is 0.500. The Morgan fingerprint density at radius 2 is 2.16 bits per heavy atom. The lowest BCUT2D eigenvalue weighted by Crippen LogP contribution is -2.34. The van der Waals surface area contributed by atoms with Gasteiger partial charge in [0.05, 0.1) is 6.61 Å². The van der Waals surface area contributed by atoms with Gasteiger partial charge in [-0.1, -0.05) is 6.07 Å². The Hall–Kier alpha value is -1.59. The number of nitrogens with one attached hydrogen (secondary N) is 1. The number of ether oxygens (including phenoxy) is 1. The van der Waals surface area contributed by atoms with Crippen molar-refractivity contribution < 1.29 is 9.53 Å². The first-order chi connectivity index (χ1) is 9.06. The van der Waals surface area contributed by atoms with Crippen LogP contribution in [0, 0.1) is 6.92 Å². The lowest BCUT2D eigenvalue weighted by atomic mass is 10.1. The van der Waals surface area contributed by atoms with Gasteiger partial charge in [0, 0.05) is 38.0 Å². The van der Waals surface area contributed by atoms with Crippen molar-refractivity contribution in [2.75, 3.05) is 46.1 Å². The van der Waals surface area contributed by atoms with Crippen LogP contribution in [0.2, 0.25) is 0 Å². The molecule has 1 aromatic rings. The maximum absolute atomic E-state index is 12.0. The molecule has 0 aliphatic carbocycles. The summed E-state index contributed by atoms with van der Waals surface area (Å²) in [4.78, 5) is 14.1. The Morgan fingerprint density at radius 3 is 2.84 bits per heavy atom. The predicted octanol–water partition coefficient (Wildman–Crippen LogP) is 0.885. The first-order valence-corrected chi connectivity index (χ1v) is 6.37. The zero-order chi connectivity index (χ0) is 14.3. The molecule has 0 radical (unpaired) electrons. The second kappa shape index (κ2) is 7.76. The molecule has 0 fully saturated rings. The minimum atomic E-state index is -0.0788. The first kappa shape index (κ1) is 15.5. The lowest BCUT2D eigenvalue weighted by molar-refractivity contribution is 0.0947. The highest BCUT2D eigenvalue weighted by Gasteiger charge is 2.09. The van der Waals surface area contributed by atoms with E-state index in [1.54, 1.807) is 25.3 Å². The largest absolute Gasteiger partial charge is 0.398 e. The Bertz CT molecular complexity index is 421. The molecule has 3 N–H and O–H groups in total. The number of anilines is 1. The van der Waals surface area contributed by atoms with Crippen molar-refractivity contribution in [3.63, 3.8) is 0 Å². The highest BCUT2D eigenvalue weighted by molar-refractivity contribution is 5.96. The molecule has 0 atom stereocenters. The molecule has 1 aromatic carbocycles. The number of rotatable bonds is 7. The quantitative estimate of drug-likeness (QED) is 0.718. The van der Waals surface area contributed by atoms with E-state index in [1.807, 2.05) is 14.0 Å². The Balaban J connectivity index is 2.41. The average molecular weight is 265 g/mol. The molecule has 0 aliphatic heterocycles. The van der Waals surface area contributed by atoms with Gasteiger partial charge < -0.3 is 20.7 Å². The van der Waals surface area contributed by atoms with Gasteiger partial charge in [0.15, 0.2) is 0 Å². The smallest absolute Gasteiger partial charge is 0.251 e. The van der Waals surface area contributed by atoms with E-state index >= 15 is 0 Å². The summed E-state index contributed by atoms with van der Waals surface area (Å²) in [5.41, 5.74) is 7.90. The van der Waals surface area contributed by atoms with Gasteiger partial charge in [-0.3, -0.25) is 4.79 Å². The molecule has 0 unspecified atom stereocenters. The number of methoxy groups -OCH3 is 1. The number of hydrogen-bond donors (Lipinski definition) is 2. The minimum absolute atomic E-state index is 0.0788. The van der Waals surface area contributed by atoms with Crippen molar-refractivity contribution in [2.45, 2.75) is 6.92 Å². The number of nitrogens with two attached hydrogens (primary N) is 1. The number of carbonyl (C=O) groups is 1. The van der Waals surface area contributed by atoms with Gasteiger partial charge in [0.1, 0.15) is 0 Å². The van der Waals surface area contributed by atoms with E-state index in [-0.39, 0.29) is 5.91 Å². The standard InChI is InChI=1S/C14H23N3O2/c1-11-12(5-4-6-13(11)15)14(18)16-7-8-17(2)9-10-19-3/h4-6H,7-10,15H2,1-3H3,(H,16,18). The summed E-state index contributed by atoms with van der Waals surface area (Å²) in [5.74, 6) is -0.0788. The van der Waals surface area contributed by atoms with E-state index in [4.69, 9.17) is 10.5 Å². The molecule has 1 rings (SSSR count). The zero-order valence-electron chi connectivity index (χ0n) is 11.9. The third kappa shape index (κ3) is 4.89. The fourth-order valence-corrected chi connectivity index (χ4v) is 1.71. The molecule has 0 saturated carbocycles. The van der Waals surface area contributed by atoms with Crippen LogP contribution in [0.15, 0.2) is 18.2 Å². The zero-order valence-corrected chi connectivity index (χ0v) is 11.9. The summed E-state index contributed by atoms with van der Waals surface area (Å²) in [5, 5.41) is 2.90. The second-order valence-electron chi connectivity index (χ2n) is 4.57. The van der Waals surface area contributed by atoms with Gasteiger partial charge in [-0.25, -0.2) is 0 Å². The van der Waals surface area contributed by atoms with Crippen LogP contribution < -0.4 is 11.1 Å². The Labute approximate surface area is 114 Å². The maximum Gasteiger partial charge on any atom is 0.251 e. The third-order valence-electron chi connectivity index (χ3n) is 3.08. The summed E-state index contributed by atoms with van der Waals surface area (Å²) in [7, 11) is 3.68. The molecular formula is C14H23N3O2. The highest BCUT2D eigenvalue weighted by Crippen LogP contribution is 2.14. The second-order valence-corrected chi connectivity index (χ2v) is 4.57. The van der Waals surface area contributed by atoms with Gasteiger partial charge in [-0.2, -0.15) is 0 Å². The molecule has 0 aromatic heterocycles. The summed E-state index contributed by atoms with van der Waals surface area (Å²) < 4.78 is 5.00. The van der Waals surface area contributed by atoms with Crippen molar-refractivity contribution >= 4 is 11.6 Å². The fourth-order valence-electron chi connectivity index (χ4n) is 1.71. The maximum atomic E-state index is 12.0. The summed E-state index contributed by atoms with van der Waals surface area (Å²) in [6.07, 6.45) is 0. The van der Waals surface area contributed by atoms with E-state index < -0.39 is 0 Å². The molecule has 0 saturated heterocycles. The van der Waals surface area contributed by atoms with Crippen molar-refractivity contribution in [2.24, 2.45) is 0 Å². The molecule has 5 heteroatoms. The van der Waals surface area contributed by atoms with Crippen LogP contribution >= 0.6 is 0 Å². The summed E-state index contributed by atoms with van der Waals surface area (Å²) in [6, 6.07) is 5.38. The summed E-state index contributed by atoms with van der Waals surface area (Å²) >= 11 is 0. The number of hydrogen-bond acceptors (Lipinski definition) is 4. The number of carbonyl (C=O) groups excluding carboxylic acids is 1. The van der Waals surface area contributed by atoms with Gasteiger partial charge in [0.2, 0.25) is 0 Å². The van der Waals surface area contributed by atoms with Gasteiger partial charge in [0.25, 0.3) is 5.91 Å². The number of nitrogen functional groups attached to an aromatic ring is 1. The van der Waals surface area contributed by atoms with Crippen molar-refractivity contribution in [1.29, 1.82) is 0 Å². The molecule has 106 valence electrons. The first-order valence-electron chi connectivity index (χ1n) is 6.37. The molecule has 0 heterocycles. The predicted molar refractivity (Wildman–Crippen MR) is 77.3 cm³/mol. The molecular weight excluding hydrogens is 242 g/mol. The van der Waals surface area contributed by atoms with E-state index in [2.05, 4.69) is 10.2 Å². The van der Waals surface area contributed by atoms with Crippen LogP contribution in [0.3, 0.4) is 0 Å². The molecule has 5 nitrogen and oxygen atoms in total. The molecule has 1 amide bonds. The molecule has 0 spiro atoms. The average Bonchev–Trinajstić information content (AvgIpc) is 2.39. The molecule has 0 aliphatic rings. The number of benzene rings is 1. The van der Waals surface area contributed by atoms with Crippen molar-refractivity contribution in [3.8, 4) is 0 Å². The summed E-state index contributed by atoms with van der Waals surface area (Å²) in [6.45, 7) is 4.79. The number of likely N-dealkylation sites (N-methyl/N-ethyl adjacent to an activating group) is 1. The van der Waals surface area contributed by atoms with Gasteiger partial charge >= 0.3 is 0 Å². The van der Waals surface area contributed by atoms with Crippen LogP contribution in [0.25, 0.3) is 0 Å². The van der Waals surface area contributed by atoms with Gasteiger partial charge in [-0.15, -0.1) is 0 Å². The van der Waals surface area contributed by atoms with Crippen LogP contribution in [-0.4, -0.2) is 51.2 Å². The third-order valence-corrected chi connectivity index (χ3v) is 3.08. The van der Waals surface area contributed by atoms with Crippen molar-refractivity contribution in [3.05, 3.63) is 29.3 Å². The molecule has 19 heavy (non-hydrogen) atoms. The Morgan fingerprint density at radius 1 is 1.42 bits per heavy atom. The van der Waals surface area contributed by atoms with Crippen molar-refractivity contribution in [1.82, 2.24) is 10.2 Å². The van der Waals surface area contributed by atoms with E-state index in [0.717, 1.165) is 18.7 Å². The number of nitrogens with zero attached hydrogens (tertiary/aromatic N) is 1. The normalized spacial score (nSPS) is 10.7.